The van der Waals surface area contributed by atoms with Crippen molar-refractivity contribution in [2.45, 2.75) is 26.8 Å². The number of carbonyl (C=O) groups excluding carboxylic acids is 3. The highest BCUT2D eigenvalue weighted by Crippen LogP contribution is 2.22. The Kier molecular flexibility index (Phi) is 8.68. The first-order valence-corrected chi connectivity index (χ1v) is 8.74. The number of amides is 1. The van der Waals surface area contributed by atoms with Crippen molar-refractivity contribution >= 4 is 17.7 Å². The molecule has 0 fully saturated rings. The number of allylic oxidation sites excluding steroid dienone is 1. The molecule has 1 atom stereocenters. The highest BCUT2D eigenvalue weighted by molar-refractivity contribution is 6.02. The van der Waals surface area contributed by atoms with Crippen molar-refractivity contribution in [2.24, 2.45) is 11.7 Å². The summed E-state index contributed by atoms with van der Waals surface area (Å²) in [4.78, 5) is 37.0. The number of hydrogen-bond donors (Lipinski definition) is 2. The minimum atomic E-state index is -1.01. The molecule has 29 heavy (non-hydrogen) atoms. The number of benzene rings is 1. The fourth-order valence-electron chi connectivity index (χ4n) is 2.33. The van der Waals surface area contributed by atoms with E-state index in [1.54, 1.807) is 26.0 Å². The summed E-state index contributed by atoms with van der Waals surface area (Å²) in [6, 6.07) is 5.26. The first kappa shape index (κ1) is 23.5. The number of nitrogens with two attached hydrogens (primary N) is 1. The van der Waals surface area contributed by atoms with Crippen LogP contribution in [-0.2, 0) is 14.3 Å². The zero-order chi connectivity index (χ0) is 22.1. The number of nitriles is 1. The maximum Gasteiger partial charge on any atom is 0.329 e. The number of Topliss-reactive ketones (excluding diaryl/α,β-unsaturated/α-hetero) is 1. The molecule has 0 unspecified atom stereocenters. The van der Waals surface area contributed by atoms with Gasteiger partial charge in [-0.25, -0.2) is 4.79 Å². The van der Waals surface area contributed by atoms with Gasteiger partial charge in [0.25, 0.3) is 5.91 Å². The summed E-state index contributed by atoms with van der Waals surface area (Å²) in [7, 11) is 2.91. The molecular weight excluding hydrogens is 378 g/mol. The number of nitrogens with one attached hydrogen (secondary N) is 1. The Balaban J connectivity index is 2.92. The van der Waals surface area contributed by atoms with Crippen LogP contribution in [0.3, 0.4) is 0 Å². The molecule has 156 valence electrons. The summed E-state index contributed by atoms with van der Waals surface area (Å²) >= 11 is 0. The van der Waals surface area contributed by atoms with E-state index in [-0.39, 0.29) is 22.8 Å². The second-order valence-corrected chi connectivity index (χ2v) is 6.50. The lowest BCUT2D eigenvalue weighted by Crippen LogP contribution is -2.45. The Bertz CT molecular complexity index is 828. The highest BCUT2D eigenvalue weighted by Gasteiger charge is 2.27. The van der Waals surface area contributed by atoms with Crippen molar-refractivity contribution in [2.75, 3.05) is 20.8 Å². The fourth-order valence-corrected chi connectivity index (χ4v) is 2.33. The molecule has 9 heteroatoms. The first-order chi connectivity index (χ1) is 13.6. The highest BCUT2D eigenvalue weighted by atomic mass is 16.5. The number of hydrogen-bond acceptors (Lipinski definition) is 8. The zero-order valence-corrected chi connectivity index (χ0v) is 17.1. The predicted octanol–water partition coefficient (Wildman–Crippen LogP) is 1.33. The van der Waals surface area contributed by atoms with Crippen LogP contribution in [0.5, 0.6) is 11.5 Å². The van der Waals surface area contributed by atoms with Crippen LogP contribution >= 0.6 is 0 Å². The monoisotopic (exact) mass is 403 g/mol. The van der Waals surface area contributed by atoms with E-state index in [2.05, 4.69) is 5.32 Å². The van der Waals surface area contributed by atoms with Gasteiger partial charge in [-0.05, 0) is 25.0 Å². The van der Waals surface area contributed by atoms with Crippen LogP contribution in [0.15, 0.2) is 29.5 Å². The zero-order valence-electron chi connectivity index (χ0n) is 17.1. The number of rotatable bonds is 9. The molecule has 0 saturated carbocycles. The van der Waals surface area contributed by atoms with E-state index in [4.69, 9.17) is 25.2 Å². The maximum absolute atomic E-state index is 12.6. The molecule has 0 heterocycles. The summed E-state index contributed by atoms with van der Waals surface area (Å²) in [6.07, 6.45) is 0. The van der Waals surface area contributed by atoms with E-state index in [9.17, 15) is 14.4 Å². The van der Waals surface area contributed by atoms with E-state index in [1.807, 2.05) is 0 Å². The second-order valence-electron chi connectivity index (χ2n) is 6.50. The van der Waals surface area contributed by atoms with Crippen LogP contribution < -0.4 is 20.5 Å². The Morgan fingerprint density at radius 2 is 1.69 bits per heavy atom. The standard InChI is InChI=1S/C20H25N3O6/c1-11(2)18(20(26)29-10-17(24)16(9-21)12(3)22)23-19(25)13-6-14(27-4)8-15(7-13)28-5/h6-8,11,18H,10,22H2,1-5H3,(H,23,25)/b16-12+/t18-/m1/s1. The Morgan fingerprint density at radius 1 is 1.14 bits per heavy atom. The molecule has 0 bridgehead atoms. The molecular formula is C20H25N3O6. The summed E-state index contributed by atoms with van der Waals surface area (Å²) in [5.41, 5.74) is 5.45. The molecule has 9 nitrogen and oxygen atoms in total. The van der Waals surface area contributed by atoms with Gasteiger partial charge in [0.1, 0.15) is 29.2 Å². The minimum Gasteiger partial charge on any atom is -0.497 e. The van der Waals surface area contributed by atoms with E-state index < -0.39 is 30.3 Å². The van der Waals surface area contributed by atoms with E-state index >= 15 is 0 Å². The lowest BCUT2D eigenvalue weighted by Gasteiger charge is -2.21. The van der Waals surface area contributed by atoms with Gasteiger partial charge in [0.2, 0.25) is 5.78 Å². The van der Waals surface area contributed by atoms with Crippen LogP contribution in [0, 0.1) is 17.2 Å². The van der Waals surface area contributed by atoms with Gasteiger partial charge in [-0.3, -0.25) is 9.59 Å². The third-order valence-corrected chi connectivity index (χ3v) is 3.95. The normalized spacial score (nSPS) is 12.3. The molecule has 0 aliphatic heterocycles. The average Bonchev–Trinajstić information content (AvgIpc) is 2.69. The van der Waals surface area contributed by atoms with Gasteiger partial charge in [0.05, 0.1) is 14.2 Å². The van der Waals surface area contributed by atoms with Crippen LogP contribution in [0.2, 0.25) is 0 Å². The van der Waals surface area contributed by atoms with E-state index in [0.717, 1.165) is 0 Å². The van der Waals surface area contributed by atoms with Crippen molar-refractivity contribution in [3.05, 3.63) is 35.0 Å². The Hall–Kier alpha value is -3.54. The van der Waals surface area contributed by atoms with Crippen molar-refractivity contribution < 1.29 is 28.6 Å². The van der Waals surface area contributed by atoms with Crippen molar-refractivity contribution in [1.29, 1.82) is 5.26 Å². The number of ether oxygens (including phenoxy) is 3. The summed E-state index contributed by atoms with van der Waals surface area (Å²) in [5, 5.41) is 11.5. The van der Waals surface area contributed by atoms with Crippen molar-refractivity contribution in [3.8, 4) is 17.6 Å². The first-order valence-electron chi connectivity index (χ1n) is 8.74. The van der Waals surface area contributed by atoms with Gasteiger partial charge in [0.15, 0.2) is 6.61 Å². The Morgan fingerprint density at radius 3 is 2.10 bits per heavy atom. The number of carbonyl (C=O) groups is 3. The minimum absolute atomic E-state index is 0.0363. The smallest absolute Gasteiger partial charge is 0.329 e. The molecule has 1 rings (SSSR count). The molecule has 0 aliphatic rings. The summed E-state index contributed by atoms with van der Waals surface area (Å²) < 4.78 is 15.3. The van der Waals surface area contributed by atoms with Gasteiger partial charge in [-0.1, -0.05) is 13.8 Å². The molecule has 1 aromatic carbocycles. The van der Waals surface area contributed by atoms with Crippen molar-refractivity contribution in [3.63, 3.8) is 0 Å². The number of nitrogens with zero attached hydrogens (tertiary/aromatic N) is 1. The molecule has 0 radical (unpaired) electrons. The van der Waals surface area contributed by atoms with Gasteiger partial charge >= 0.3 is 5.97 Å². The van der Waals surface area contributed by atoms with Crippen LogP contribution in [-0.4, -0.2) is 44.5 Å². The molecule has 1 amide bonds. The largest absolute Gasteiger partial charge is 0.497 e. The van der Waals surface area contributed by atoms with Gasteiger partial charge < -0.3 is 25.3 Å². The third kappa shape index (κ3) is 6.53. The lowest BCUT2D eigenvalue weighted by molar-refractivity contribution is -0.150. The van der Waals surface area contributed by atoms with Crippen LogP contribution in [0.25, 0.3) is 0 Å². The number of methoxy groups -OCH3 is 2. The van der Waals surface area contributed by atoms with Crippen molar-refractivity contribution in [1.82, 2.24) is 5.32 Å². The maximum atomic E-state index is 12.6. The summed E-state index contributed by atoms with van der Waals surface area (Å²) in [5.74, 6) is -1.56. The molecule has 3 N–H and O–H groups in total. The Labute approximate surface area is 169 Å². The van der Waals surface area contributed by atoms with Crippen LogP contribution in [0.1, 0.15) is 31.1 Å². The number of esters is 1. The summed E-state index contributed by atoms with van der Waals surface area (Å²) in [6.45, 7) is 4.18. The fraction of sp³-hybridized carbons (Fsp3) is 0.400. The quantitative estimate of drug-likeness (QED) is 0.357. The molecule has 1 aromatic rings. The van der Waals surface area contributed by atoms with Gasteiger partial charge in [-0.2, -0.15) is 5.26 Å². The van der Waals surface area contributed by atoms with Gasteiger partial charge in [0, 0.05) is 17.3 Å². The second kappa shape index (κ2) is 10.7. The third-order valence-electron chi connectivity index (χ3n) is 3.95. The van der Waals surface area contributed by atoms with E-state index in [0.29, 0.717) is 11.5 Å². The van der Waals surface area contributed by atoms with Crippen LogP contribution in [0.4, 0.5) is 0 Å². The molecule has 0 aromatic heterocycles. The number of ketones is 1. The molecule has 0 spiro atoms. The molecule has 0 saturated heterocycles. The lowest BCUT2D eigenvalue weighted by atomic mass is 10.0. The topological polar surface area (TPSA) is 141 Å². The SMILES string of the molecule is COc1cc(OC)cc(C(=O)N[C@@H](C(=O)OCC(=O)/C(C#N)=C(\C)N)C(C)C)c1. The van der Waals surface area contributed by atoms with E-state index in [1.165, 1.54) is 33.3 Å². The average molecular weight is 403 g/mol. The van der Waals surface area contributed by atoms with Gasteiger partial charge in [-0.15, -0.1) is 0 Å². The molecule has 0 aliphatic carbocycles. The predicted molar refractivity (Wildman–Crippen MR) is 104 cm³/mol.